The molecule has 0 aliphatic heterocycles. The van der Waals surface area contributed by atoms with Gasteiger partial charge in [0.15, 0.2) is 6.29 Å². The fourth-order valence-corrected chi connectivity index (χ4v) is 1.30. The van der Waals surface area contributed by atoms with Crippen molar-refractivity contribution in [2.75, 3.05) is 20.8 Å². The molecular weight excluding hydrogens is 271 g/mol. The topological polar surface area (TPSA) is 38.7 Å². The first-order valence-corrected chi connectivity index (χ1v) is 4.83. The van der Waals surface area contributed by atoms with E-state index in [0.29, 0.717) is 0 Å². The highest BCUT2D eigenvalue weighted by molar-refractivity contribution is 14.1. The number of halogens is 1. The van der Waals surface area contributed by atoms with Crippen LogP contribution in [0.2, 0.25) is 0 Å². The van der Waals surface area contributed by atoms with Gasteiger partial charge in [0, 0.05) is 20.6 Å². The first-order chi connectivity index (χ1) is 5.74. The lowest BCUT2D eigenvalue weighted by Gasteiger charge is -2.12. The molecule has 0 aliphatic rings. The number of hydrogen-bond donors (Lipinski definition) is 1. The number of ether oxygens (including phenoxy) is 2. The van der Waals surface area contributed by atoms with Crippen molar-refractivity contribution in [1.29, 1.82) is 0 Å². The monoisotopic (exact) mass is 286 g/mol. The van der Waals surface area contributed by atoms with Crippen LogP contribution < -0.4 is 0 Å². The number of rotatable bonds is 6. The van der Waals surface area contributed by atoms with E-state index in [0.717, 1.165) is 16.4 Å². The fourth-order valence-electron chi connectivity index (χ4n) is 0.789. The molecule has 4 heteroatoms. The minimum Gasteiger partial charge on any atom is -0.392 e. The Morgan fingerprint density at radius 1 is 1.50 bits per heavy atom. The van der Waals surface area contributed by atoms with Gasteiger partial charge in [-0.05, 0) is 38.7 Å². The molecule has 0 saturated heterocycles. The zero-order valence-corrected chi connectivity index (χ0v) is 9.58. The van der Waals surface area contributed by atoms with Gasteiger partial charge in [-0.25, -0.2) is 0 Å². The number of allylic oxidation sites excluding steroid dienone is 1. The Bertz CT molecular complexity index is 132. The van der Waals surface area contributed by atoms with Crippen molar-refractivity contribution in [3.8, 4) is 0 Å². The molecular formula is C8H15IO3. The third-order valence-electron chi connectivity index (χ3n) is 1.46. The summed E-state index contributed by atoms with van der Waals surface area (Å²) in [5.41, 5.74) is 0. The number of hydrogen-bond acceptors (Lipinski definition) is 3. The van der Waals surface area contributed by atoms with Gasteiger partial charge >= 0.3 is 0 Å². The van der Waals surface area contributed by atoms with Crippen LogP contribution in [0.1, 0.15) is 12.8 Å². The predicted octanol–water partition coefficient (Wildman–Crippen LogP) is 1.70. The molecule has 0 bridgehead atoms. The van der Waals surface area contributed by atoms with Gasteiger partial charge in [-0.2, -0.15) is 0 Å². The Kier molecular flexibility index (Phi) is 8.20. The van der Waals surface area contributed by atoms with E-state index in [4.69, 9.17) is 14.6 Å². The molecule has 0 atom stereocenters. The maximum absolute atomic E-state index is 8.57. The van der Waals surface area contributed by atoms with E-state index in [1.165, 1.54) is 0 Å². The average Bonchev–Trinajstić information content (AvgIpc) is 2.07. The smallest absolute Gasteiger partial charge is 0.157 e. The van der Waals surface area contributed by atoms with E-state index in [9.17, 15) is 0 Å². The van der Waals surface area contributed by atoms with Crippen molar-refractivity contribution in [3.05, 3.63) is 9.66 Å². The summed E-state index contributed by atoms with van der Waals surface area (Å²) >= 11 is 2.20. The van der Waals surface area contributed by atoms with Crippen LogP contribution in [0, 0.1) is 0 Å². The quantitative estimate of drug-likeness (QED) is 0.596. The summed E-state index contributed by atoms with van der Waals surface area (Å²) in [6, 6.07) is 0. The highest BCUT2D eigenvalue weighted by atomic mass is 127. The third kappa shape index (κ3) is 5.93. The van der Waals surface area contributed by atoms with Crippen molar-refractivity contribution in [2.45, 2.75) is 19.1 Å². The summed E-state index contributed by atoms with van der Waals surface area (Å²) < 4.78 is 11.2. The summed E-state index contributed by atoms with van der Waals surface area (Å²) in [6.07, 6.45) is 3.35. The molecule has 0 heterocycles. The summed E-state index contributed by atoms with van der Waals surface area (Å²) in [5, 5.41) is 8.57. The second-order valence-corrected chi connectivity index (χ2v) is 3.66. The van der Waals surface area contributed by atoms with Crippen LogP contribution in [-0.4, -0.2) is 32.2 Å². The molecule has 0 aliphatic carbocycles. The first-order valence-electron chi connectivity index (χ1n) is 3.75. The Hall–Kier alpha value is 0.350. The largest absolute Gasteiger partial charge is 0.392 e. The standard InChI is InChI=1S/C8H15IO3/c1-11-8(12-2)4-3-7(9)5-6-10/h5,8,10H,3-4,6H2,1-2H3/b7-5-. The summed E-state index contributed by atoms with van der Waals surface area (Å²) in [6.45, 7) is 0.100. The molecule has 0 amide bonds. The average molecular weight is 286 g/mol. The Morgan fingerprint density at radius 2 is 2.08 bits per heavy atom. The molecule has 0 fully saturated rings. The summed E-state index contributed by atoms with van der Waals surface area (Å²) in [7, 11) is 3.24. The molecule has 0 unspecified atom stereocenters. The van der Waals surface area contributed by atoms with Gasteiger partial charge < -0.3 is 14.6 Å². The second-order valence-electron chi connectivity index (χ2n) is 2.27. The lowest BCUT2D eigenvalue weighted by Crippen LogP contribution is -2.12. The number of methoxy groups -OCH3 is 2. The predicted molar refractivity (Wildman–Crippen MR) is 56.2 cm³/mol. The van der Waals surface area contributed by atoms with Crippen LogP contribution in [0.5, 0.6) is 0 Å². The van der Waals surface area contributed by atoms with Gasteiger partial charge in [0.2, 0.25) is 0 Å². The highest BCUT2D eigenvalue weighted by Crippen LogP contribution is 2.15. The number of aliphatic hydroxyl groups excluding tert-OH is 1. The molecule has 0 spiro atoms. The van der Waals surface area contributed by atoms with E-state index in [-0.39, 0.29) is 12.9 Å². The van der Waals surface area contributed by atoms with Gasteiger partial charge in [-0.15, -0.1) is 0 Å². The van der Waals surface area contributed by atoms with Gasteiger partial charge in [-0.3, -0.25) is 0 Å². The maximum atomic E-state index is 8.57. The van der Waals surface area contributed by atoms with E-state index >= 15 is 0 Å². The summed E-state index contributed by atoms with van der Waals surface area (Å²) in [4.78, 5) is 0. The van der Waals surface area contributed by atoms with Crippen molar-refractivity contribution < 1.29 is 14.6 Å². The molecule has 12 heavy (non-hydrogen) atoms. The molecule has 0 rings (SSSR count). The van der Waals surface area contributed by atoms with Crippen LogP contribution in [0.15, 0.2) is 9.66 Å². The lowest BCUT2D eigenvalue weighted by molar-refractivity contribution is -0.105. The number of aliphatic hydroxyl groups is 1. The molecule has 0 aromatic heterocycles. The Morgan fingerprint density at radius 3 is 2.50 bits per heavy atom. The van der Waals surface area contributed by atoms with E-state index in [1.54, 1.807) is 20.3 Å². The van der Waals surface area contributed by atoms with E-state index < -0.39 is 0 Å². The van der Waals surface area contributed by atoms with Gasteiger partial charge in [-0.1, -0.05) is 0 Å². The highest BCUT2D eigenvalue weighted by Gasteiger charge is 2.04. The molecule has 72 valence electrons. The molecule has 1 N–H and O–H groups in total. The second kappa shape index (κ2) is 7.97. The zero-order chi connectivity index (χ0) is 9.40. The van der Waals surface area contributed by atoms with Crippen LogP contribution in [-0.2, 0) is 9.47 Å². The zero-order valence-electron chi connectivity index (χ0n) is 7.42. The van der Waals surface area contributed by atoms with Crippen LogP contribution >= 0.6 is 22.6 Å². The molecule has 3 nitrogen and oxygen atoms in total. The van der Waals surface area contributed by atoms with Crippen molar-refractivity contribution in [1.82, 2.24) is 0 Å². The van der Waals surface area contributed by atoms with Crippen molar-refractivity contribution in [3.63, 3.8) is 0 Å². The van der Waals surface area contributed by atoms with Crippen LogP contribution in [0.3, 0.4) is 0 Å². The lowest BCUT2D eigenvalue weighted by atomic mass is 10.3. The minimum atomic E-state index is -0.137. The van der Waals surface area contributed by atoms with Crippen molar-refractivity contribution in [2.24, 2.45) is 0 Å². The minimum absolute atomic E-state index is 0.100. The van der Waals surface area contributed by atoms with E-state index in [1.807, 2.05) is 0 Å². The molecule has 0 aromatic rings. The van der Waals surface area contributed by atoms with Crippen LogP contribution in [0.25, 0.3) is 0 Å². The van der Waals surface area contributed by atoms with Gasteiger partial charge in [0.05, 0.1) is 6.61 Å². The van der Waals surface area contributed by atoms with E-state index in [2.05, 4.69) is 22.6 Å². The van der Waals surface area contributed by atoms with Crippen LogP contribution in [0.4, 0.5) is 0 Å². The first kappa shape index (κ1) is 12.3. The van der Waals surface area contributed by atoms with Gasteiger partial charge in [0.1, 0.15) is 0 Å². The molecule has 0 aromatic carbocycles. The molecule has 0 saturated carbocycles. The normalized spacial score (nSPS) is 12.6. The van der Waals surface area contributed by atoms with Gasteiger partial charge in [0.25, 0.3) is 0 Å². The fraction of sp³-hybridized carbons (Fsp3) is 0.750. The molecule has 0 radical (unpaired) electrons. The van der Waals surface area contributed by atoms with Crippen molar-refractivity contribution >= 4 is 22.6 Å². The Balaban J connectivity index is 3.58. The Labute approximate surface area is 86.9 Å². The SMILES string of the molecule is COC(CC/C(I)=C/CO)OC. The maximum Gasteiger partial charge on any atom is 0.157 e. The third-order valence-corrected chi connectivity index (χ3v) is 2.44. The summed E-state index contributed by atoms with van der Waals surface area (Å²) in [5.74, 6) is 0.